The Bertz CT molecular complexity index is 414. The summed E-state index contributed by atoms with van der Waals surface area (Å²) < 4.78 is 5.33. The number of carbonyl (C=O) groups is 1. The third kappa shape index (κ3) is 5.97. The van der Waals surface area contributed by atoms with Crippen LogP contribution in [0.5, 0.6) is 0 Å². The molecule has 0 saturated heterocycles. The number of hydrogen-bond acceptors (Lipinski definition) is 4. The molecule has 3 nitrogen and oxygen atoms in total. The van der Waals surface area contributed by atoms with E-state index < -0.39 is 5.60 Å². The molecule has 1 N–H and O–H groups in total. The summed E-state index contributed by atoms with van der Waals surface area (Å²) in [6.07, 6.45) is 0. The fourth-order valence-electron chi connectivity index (χ4n) is 2.00. The number of rotatable bonds is 6. The first-order chi connectivity index (χ1) is 9.33. The highest BCUT2D eigenvalue weighted by molar-refractivity contribution is 8.00. The number of benzene rings is 1. The van der Waals surface area contributed by atoms with Gasteiger partial charge >= 0.3 is 5.97 Å². The third-order valence-electron chi connectivity index (χ3n) is 2.82. The Balaban J connectivity index is 2.53. The van der Waals surface area contributed by atoms with Crippen molar-refractivity contribution in [1.82, 2.24) is 5.32 Å². The van der Waals surface area contributed by atoms with Crippen molar-refractivity contribution in [3.63, 3.8) is 0 Å². The molecule has 0 aliphatic rings. The van der Waals surface area contributed by atoms with E-state index >= 15 is 0 Å². The van der Waals surface area contributed by atoms with E-state index in [1.165, 1.54) is 5.56 Å². The first-order valence-corrected chi connectivity index (χ1v) is 7.94. The van der Waals surface area contributed by atoms with Crippen molar-refractivity contribution in [2.45, 2.75) is 44.6 Å². The molecule has 0 radical (unpaired) electrons. The molecule has 0 spiro atoms. The van der Waals surface area contributed by atoms with Gasteiger partial charge in [0.05, 0.1) is 5.75 Å². The zero-order chi connectivity index (χ0) is 15.2. The van der Waals surface area contributed by atoms with Gasteiger partial charge in [-0.05, 0) is 33.4 Å². The van der Waals surface area contributed by atoms with Gasteiger partial charge in [-0.3, -0.25) is 4.79 Å². The van der Waals surface area contributed by atoms with Crippen LogP contribution in [0.2, 0.25) is 0 Å². The summed E-state index contributed by atoms with van der Waals surface area (Å²) in [5.74, 6) is 0.223. The van der Waals surface area contributed by atoms with E-state index in [2.05, 4.69) is 24.4 Å². The Labute approximate surface area is 126 Å². The highest BCUT2D eigenvalue weighted by atomic mass is 32.2. The lowest BCUT2D eigenvalue weighted by Crippen LogP contribution is -2.28. The highest BCUT2D eigenvalue weighted by Crippen LogP contribution is 2.26. The Kier molecular flexibility index (Phi) is 6.56. The van der Waals surface area contributed by atoms with E-state index in [1.807, 2.05) is 46.0 Å². The predicted molar refractivity (Wildman–Crippen MR) is 86.0 cm³/mol. The normalized spacial score (nSPS) is 14.7. The van der Waals surface area contributed by atoms with Crippen LogP contribution in [-0.4, -0.2) is 29.6 Å². The SMILES string of the molecule is CNC(c1ccccc1)C(C)SCC(=O)OC(C)(C)C. The molecule has 4 heteroatoms. The van der Waals surface area contributed by atoms with Gasteiger partial charge in [0, 0.05) is 11.3 Å². The maximum Gasteiger partial charge on any atom is 0.316 e. The maximum absolute atomic E-state index is 11.7. The van der Waals surface area contributed by atoms with E-state index in [9.17, 15) is 4.79 Å². The van der Waals surface area contributed by atoms with Gasteiger partial charge in [-0.2, -0.15) is 0 Å². The summed E-state index contributed by atoms with van der Waals surface area (Å²) in [5, 5.41) is 3.60. The van der Waals surface area contributed by atoms with Crippen LogP contribution in [0.3, 0.4) is 0 Å². The first kappa shape index (κ1) is 17.1. The minimum atomic E-state index is -0.414. The molecule has 2 unspecified atom stereocenters. The molecular formula is C16H25NO2S. The number of carbonyl (C=O) groups excluding carboxylic acids is 1. The van der Waals surface area contributed by atoms with E-state index in [0.717, 1.165) is 0 Å². The van der Waals surface area contributed by atoms with Crippen LogP contribution in [0.1, 0.15) is 39.3 Å². The Morgan fingerprint density at radius 3 is 2.40 bits per heavy atom. The van der Waals surface area contributed by atoms with Crippen LogP contribution in [-0.2, 0) is 9.53 Å². The lowest BCUT2D eigenvalue weighted by atomic mass is 10.0. The van der Waals surface area contributed by atoms with Crippen LogP contribution in [0.15, 0.2) is 30.3 Å². The van der Waals surface area contributed by atoms with Crippen molar-refractivity contribution < 1.29 is 9.53 Å². The zero-order valence-electron chi connectivity index (χ0n) is 13.0. The van der Waals surface area contributed by atoms with Gasteiger partial charge in [-0.1, -0.05) is 37.3 Å². The monoisotopic (exact) mass is 295 g/mol. The standard InChI is InChI=1S/C16H25NO2S/c1-12(20-11-14(18)19-16(2,3)4)15(17-5)13-9-7-6-8-10-13/h6-10,12,15,17H,11H2,1-5H3. The average molecular weight is 295 g/mol. The van der Waals surface area contributed by atoms with E-state index in [1.54, 1.807) is 11.8 Å². The second-order valence-electron chi connectivity index (χ2n) is 5.78. The summed E-state index contributed by atoms with van der Waals surface area (Å²) in [6, 6.07) is 10.5. The zero-order valence-corrected chi connectivity index (χ0v) is 13.8. The van der Waals surface area contributed by atoms with Gasteiger partial charge in [0.25, 0.3) is 0 Å². The number of ether oxygens (including phenoxy) is 1. The van der Waals surface area contributed by atoms with Crippen LogP contribution in [0.25, 0.3) is 0 Å². The smallest absolute Gasteiger partial charge is 0.316 e. The Morgan fingerprint density at radius 2 is 1.90 bits per heavy atom. The van der Waals surface area contributed by atoms with Gasteiger partial charge in [0.15, 0.2) is 0 Å². The predicted octanol–water partition coefficient (Wildman–Crippen LogP) is 3.41. The van der Waals surface area contributed by atoms with Crippen LogP contribution in [0.4, 0.5) is 0 Å². The number of thioether (sulfide) groups is 1. The van der Waals surface area contributed by atoms with Gasteiger partial charge < -0.3 is 10.1 Å². The van der Waals surface area contributed by atoms with E-state index in [-0.39, 0.29) is 17.3 Å². The molecule has 0 aromatic heterocycles. The summed E-state index contributed by atoms with van der Waals surface area (Å²) in [4.78, 5) is 11.7. The number of esters is 1. The summed E-state index contributed by atoms with van der Waals surface area (Å²) >= 11 is 1.62. The quantitative estimate of drug-likeness (QED) is 0.816. The van der Waals surface area contributed by atoms with Crippen LogP contribution >= 0.6 is 11.8 Å². The molecule has 0 bridgehead atoms. The molecular weight excluding hydrogens is 270 g/mol. The van der Waals surface area contributed by atoms with Crippen LogP contribution in [0, 0.1) is 0 Å². The van der Waals surface area contributed by atoms with Crippen molar-refractivity contribution in [2.75, 3.05) is 12.8 Å². The lowest BCUT2D eigenvalue weighted by molar-refractivity contribution is -0.151. The molecule has 0 amide bonds. The summed E-state index contributed by atoms with van der Waals surface area (Å²) in [7, 11) is 1.95. The Hall–Kier alpha value is -1.00. The molecule has 0 heterocycles. The molecule has 1 rings (SSSR count). The fourth-order valence-corrected chi connectivity index (χ4v) is 2.94. The van der Waals surface area contributed by atoms with Gasteiger partial charge in [-0.25, -0.2) is 0 Å². The topological polar surface area (TPSA) is 38.3 Å². The molecule has 20 heavy (non-hydrogen) atoms. The number of nitrogens with one attached hydrogen (secondary N) is 1. The summed E-state index contributed by atoms with van der Waals surface area (Å²) in [5.41, 5.74) is 0.821. The van der Waals surface area contributed by atoms with E-state index in [4.69, 9.17) is 4.74 Å². The highest BCUT2D eigenvalue weighted by Gasteiger charge is 2.21. The largest absolute Gasteiger partial charge is 0.459 e. The molecule has 2 atom stereocenters. The minimum absolute atomic E-state index is 0.155. The number of hydrogen-bond donors (Lipinski definition) is 1. The second kappa shape index (κ2) is 7.70. The van der Waals surface area contributed by atoms with Crippen molar-refractivity contribution in [1.29, 1.82) is 0 Å². The lowest BCUT2D eigenvalue weighted by Gasteiger charge is -2.24. The third-order valence-corrected chi connectivity index (χ3v) is 4.02. The molecule has 0 aliphatic carbocycles. The average Bonchev–Trinajstić information content (AvgIpc) is 2.36. The molecule has 0 saturated carbocycles. The Morgan fingerprint density at radius 1 is 1.30 bits per heavy atom. The molecule has 112 valence electrons. The molecule has 1 aromatic rings. The van der Waals surface area contributed by atoms with Crippen LogP contribution < -0.4 is 5.32 Å². The van der Waals surface area contributed by atoms with Gasteiger partial charge in [0.1, 0.15) is 5.60 Å². The minimum Gasteiger partial charge on any atom is -0.459 e. The molecule has 0 aliphatic heterocycles. The molecule has 0 fully saturated rings. The van der Waals surface area contributed by atoms with Crippen molar-refractivity contribution in [3.05, 3.63) is 35.9 Å². The molecule has 1 aromatic carbocycles. The van der Waals surface area contributed by atoms with Crippen molar-refractivity contribution in [3.8, 4) is 0 Å². The van der Waals surface area contributed by atoms with Gasteiger partial charge in [0.2, 0.25) is 0 Å². The second-order valence-corrected chi connectivity index (χ2v) is 7.15. The maximum atomic E-state index is 11.7. The van der Waals surface area contributed by atoms with E-state index in [0.29, 0.717) is 5.75 Å². The van der Waals surface area contributed by atoms with Gasteiger partial charge in [-0.15, -0.1) is 11.8 Å². The van der Waals surface area contributed by atoms with Crippen molar-refractivity contribution >= 4 is 17.7 Å². The van der Waals surface area contributed by atoms with Crippen molar-refractivity contribution in [2.24, 2.45) is 0 Å². The summed E-state index contributed by atoms with van der Waals surface area (Å²) in [6.45, 7) is 7.79. The first-order valence-electron chi connectivity index (χ1n) is 6.89. The fraction of sp³-hybridized carbons (Fsp3) is 0.562.